The summed E-state index contributed by atoms with van der Waals surface area (Å²) in [6.07, 6.45) is 10.1. The number of carbonyl (C=O) groups excluding carboxylic acids is 1. The van der Waals surface area contributed by atoms with Crippen LogP contribution in [0.2, 0.25) is 0 Å². The molecule has 2 aliphatic carbocycles. The number of amides is 1. The van der Waals surface area contributed by atoms with Gasteiger partial charge in [-0.25, -0.2) is 0 Å². The molecule has 4 atom stereocenters. The average Bonchev–Trinajstić information content (AvgIpc) is 3.04. The summed E-state index contributed by atoms with van der Waals surface area (Å²) < 4.78 is 0. The summed E-state index contributed by atoms with van der Waals surface area (Å²) in [5, 5.41) is 6.50. The largest absolute Gasteiger partial charge is 0.356 e. The summed E-state index contributed by atoms with van der Waals surface area (Å²) in [6, 6.07) is 0.437. The molecule has 1 aliphatic heterocycles. The van der Waals surface area contributed by atoms with E-state index in [4.69, 9.17) is 0 Å². The maximum Gasteiger partial charge on any atom is 0.221 e. The highest BCUT2D eigenvalue weighted by Gasteiger charge is 2.38. The Labute approximate surface area is 110 Å². The number of rotatable bonds is 5. The van der Waals surface area contributed by atoms with Crippen molar-refractivity contribution in [2.24, 2.45) is 17.8 Å². The van der Waals surface area contributed by atoms with Gasteiger partial charge in [0.1, 0.15) is 0 Å². The maximum absolute atomic E-state index is 11.8. The molecule has 18 heavy (non-hydrogen) atoms. The van der Waals surface area contributed by atoms with E-state index in [1.807, 2.05) is 0 Å². The standard InChI is InChI=1S/C15H26N2O/c18-15(10-14-2-1-6-16-14)17-7-5-13-9-11-3-4-12(13)8-11/h11-14,16H,1-10H2,(H,17,18). The molecule has 3 nitrogen and oxygen atoms in total. The molecule has 0 aromatic heterocycles. The Balaban J connectivity index is 1.31. The molecular weight excluding hydrogens is 224 g/mol. The minimum absolute atomic E-state index is 0.248. The highest BCUT2D eigenvalue weighted by Crippen LogP contribution is 2.49. The molecule has 4 unspecified atom stereocenters. The van der Waals surface area contributed by atoms with E-state index in [1.165, 1.54) is 44.9 Å². The van der Waals surface area contributed by atoms with Crippen LogP contribution in [0.5, 0.6) is 0 Å². The lowest BCUT2D eigenvalue weighted by Crippen LogP contribution is -2.33. The van der Waals surface area contributed by atoms with Crippen LogP contribution in [0.1, 0.15) is 51.4 Å². The highest BCUT2D eigenvalue weighted by molar-refractivity contribution is 5.76. The molecule has 3 rings (SSSR count). The summed E-state index contributed by atoms with van der Waals surface area (Å²) in [5.74, 6) is 3.17. The van der Waals surface area contributed by atoms with Crippen LogP contribution in [0.25, 0.3) is 0 Å². The molecule has 0 aromatic rings. The summed E-state index contributed by atoms with van der Waals surface area (Å²) in [4.78, 5) is 11.8. The topological polar surface area (TPSA) is 41.1 Å². The highest BCUT2D eigenvalue weighted by atomic mass is 16.1. The van der Waals surface area contributed by atoms with E-state index in [0.717, 1.165) is 30.8 Å². The van der Waals surface area contributed by atoms with Gasteiger partial charge in [-0.2, -0.15) is 0 Å². The first kappa shape index (κ1) is 12.5. The quantitative estimate of drug-likeness (QED) is 0.784. The summed E-state index contributed by atoms with van der Waals surface area (Å²) in [5.41, 5.74) is 0. The number of hydrogen-bond donors (Lipinski definition) is 2. The molecule has 1 saturated heterocycles. The second kappa shape index (κ2) is 5.60. The van der Waals surface area contributed by atoms with Gasteiger partial charge in [-0.15, -0.1) is 0 Å². The molecular formula is C15H26N2O. The minimum Gasteiger partial charge on any atom is -0.356 e. The van der Waals surface area contributed by atoms with Crippen molar-refractivity contribution in [3.63, 3.8) is 0 Å². The van der Waals surface area contributed by atoms with Crippen LogP contribution in [0.3, 0.4) is 0 Å². The molecule has 1 amide bonds. The third-order valence-corrected chi connectivity index (χ3v) is 5.32. The molecule has 1 heterocycles. The Morgan fingerprint density at radius 2 is 2.17 bits per heavy atom. The molecule has 3 aliphatic rings. The van der Waals surface area contributed by atoms with Crippen molar-refractivity contribution >= 4 is 5.91 Å². The predicted octanol–water partition coefficient (Wildman–Crippen LogP) is 2.07. The first-order chi connectivity index (χ1) is 8.81. The Kier molecular flexibility index (Phi) is 3.88. The van der Waals surface area contributed by atoms with E-state index in [2.05, 4.69) is 10.6 Å². The van der Waals surface area contributed by atoms with Gasteiger partial charge in [0.15, 0.2) is 0 Å². The number of fused-ring (bicyclic) bond motifs is 2. The molecule has 2 N–H and O–H groups in total. The van der Waals surface area contributed by atoms with Gasteiger partial charge in [0.05, 0.1) is 0 Å². The van der Waals surface area contributed by atoms with Crippen molar-refractivity contribution in [2.45, 2.75) is 57.4 Å². The van der Waals surface area contributed by atoms with Crippen molar-refractivity contribution in [3.8, 4) is 0 Å². The Hall–Kier alpha value is -0.570. The van der Waals surface area contributed by atoms with E-state index in [9.17, 15) is 4.79 Å². The number of hydrogen-bond acceptors (Lipinski definition) is 2. The lowest BCUT2D eigenvalue weighted by atomic mass is 9.86. The molecule has 0 radical (unpaired) electrons. The van der Waals surface area contributed by atoms with Crippen LogP contribution in [-0.4, -0.2) is 25.0 Å². The van der Waals surface area contributed by atoms with Gasteiger partial charge in [-0.1, -0.05) is 6.42 Å². The van der Waals surface area contributed by atoms with Crippen LogP contribution >= 0.6 is 0 Å². The van der Waals surface area contributed by atoms with E-state index in [-0.39, 0.29) is 5.91 Å². The normalized spacial score (nSPS) is 38.2. The Morgan fingerprint density at radius 1 is 1.22 bits per heavy atom. The Morgan fingerprint density at radius 3 is 2.83 bits per heavy atom. The van der Waals surface area contributed by atoms with Crippen molar-refractivity contribution in [2.75, 3.05) is 13.1 Å². The lowest BCUT2D eigenvalue weighted by molar-refractivity contribution is -0.121. The third kappa shape index (κ3) is 2.87. The molecule has 3 fully saturated rings. The van der Waals surface area contributed by atoms with E-state index in [0.29, 0.717) is 12.5 Å². The number of nitrogens with one attached hydrogen (secondary N) is 2. The molecule has 0 aromatic carbocycles. The first-order valence-corrected chi connectivity index (χ1v) is 7.81. The van der Waals surface area contributed by atoms with Gasteiger partial charge in [-0.05, 0) is 62.8 Å². The summed E-state index contributed by atoms with van der Waals surface area (Å²) in [7, 11) is 0. The zero-order valence-corrected chi connectivity index (χ0v) is 11.3. The molecule has 2 bridgehead atoms. The van der Waals surface area contributed by atoms with Crippen LogP contribution in [-0.2, 0) is 4.79 Å². The molecule has 0 spiro atoms. The second-order valence-corrected chi connectivity index (χ2v) is 6.57. The molecule has 2 saturated carbocycles. The van der Waals surface area contributed by atoms with Gasteiger partial charge in [0.2, 0.25) is 5.91 Å². The van der Waals surface area contributed by atoms with E-state index < -0.39 is 0 Å². The van der Waals surface area contributed by atoms with Crippen molar-refractivity contribution < 1.29 is 4.79 Å². The van der Waals surface area contributed by atoms with Gasteiger partial charge in [0.25, 0.3) is 0 Å². The minimum atomic E-state index is 0.248. The summed E-state index contributed by atoms with van der Waals surface area (Å²) in [6.45, 7) is 1.99. The van der Waals surface area contributed by atoms with Crippen LogP contribution in [0.4, 0.5) is 0 Å². The fourth-order valence-corrected chi connectivity index (χ4v) is 4.35. The summed E-state index contributed by atoms with van der Waals surface area (Å²) >= 11 is 0. The van der Waals surface area contributed by atoms with Crippen molar-refractivity contribution in [3.05, 3.63) is 0 Å². The monoisotopic (exact) mass is 250 g/mol. The SMILES string of the molecule is O=C(CC1CCCN1)NCCC1CC2CCC1C2. The first-order valence-electron chi connectivity index (χ1n) is 7.81. The fraction of sp³-hybridized carbons (Fsp3) is 0.933. The van der Waals surface area contributed by atoms with E-state index in [1.54, 1.807) is 0 Å². The number of carbonyl (C=O) groups is 1. The maximum atomic E-state index is 11.8. The molecule has 3 heteroatoms. The van der Waals surface area contributed by atoms with Crippen molar-refractivity contribution in [1.82, 2.24) is 10.6 Å². The zero-order chi connectivity index (χ0) is 12.4. The van der Waals surface area contributed by atoms with Crippen LogP contribution in [0, 0.1) is 17.8 Å². The molecule has 102 valence electrons. The van der Waals surface area contributed by atoms with Crippen LogP contribution < -0.4 is 10.6 Å². The van der Waals surface area contributed by atoms with E-state index >= 15 is 0 Å². The second-order valence-electron chi connectivity index (χ2n) is 6.57. The van der Waals surface area contributed by atoms with Gasteiger partial charge in [0, 0.05) is 19.0 Å². The van der Waals surface area contributed by atoms with Gasteiger partial charge < -0.3 is 10.6 Å². The lowest BCUT2D eigenvalue weighted by Gasteiger charge is -2.21. The van der Waals surface area contributed by atoms with Gasteiger partial charge in [-0.3, -0.25) is 4.79 Å². The smallest absolute Gasteiger partial charge is 0.221 e. The fourth-order valence-electron chi connectivity index (χ4n) is 4.35. The van der Waals surface area contributed by atoms with Crippen molar-refractivity contribution in [1.29, 1.82) is 0 Å². The average molecular weight is 250 g/mol. The predicted molar refractivity (Wildman–Crippen MR) is 72.2 cm³/mol. The third-order valence-electron chi connectivity index (χ3n) is 5.32. The zero-order valence-electron chi connectivity index (χ0n) is 11.3. The Bertz CT molecular complexity index is 299. The van der Waals surface area contributed by atoms with Crippen LogP contribution in [0.15, 0.2) is 0 Å². The van der Waals surface area contributed by atoms with Gasteiger partial charge >= 0.3 is 0 Å².